The Morgan fingerprint density at radius 2 is 1.75 bits per heavy atom. The lowest BCUT2D eigenvalue weighted by Crippen LogP contribution is -2.46. The standard InChI is InChI=1S/C18H29NO/c1-13-9-11-16(12-10-13)18(20)15(3)19(4)17-8-6-5-7-14(17)2/h9-12,14-15,17-18,20H,5-8H2,1-4H3. The zero-order valence-electron chi connectivity index (χ0n) is 13.3. The lowest BCUT2D eigenvalue weighted by atomic mass is 9.84. The summed E-state index contributed by atoms with van der Waals surface area (Å²) in [5.74, 6) is 0.737. The van der Waals surface area contributed by atoms with Gasteiger partial charge in [-0.15, -0.1) is 0 Å². The van der Waals surface area contributed by atoms with Gasteiger partial charge < -0.3 is 5.11 Å². The van der Waals surface area contributed by atoms with Gasteiger partial charge in [-0.1, -0.05) is 49.6 Å². The Labute approximate surface area is 123 Å². The molecule has 20 heavy (non-hydrogen) atoms. The van der Waals surface area contributed by atoms with Crippen LogP contribution < -0.4 is 0 Å². The van der Waals surface area contributed by atoms with E-state index in [1.165, 1.54) is 31.2 Å². The molecule has 1 aromatic carbocycles. The van der Waals surface area contributed by atoms with E-state index in [0.717, 1.165) is 11.5 Å². The first-order valence-corrected chi connectivity index (χ1v) is 7.97. The predicted molar refractivity (Wildman–Crippen MR) is 84.8 cm³/mol. The number of aliphatic hydroxyl groups is 1. The number of benzene rings is 1. The van der Waals surface area contributed by atoms with E-state index in [4.69, 9.17) is 0 Å². The monoisotopic (exact) mass is 275 g/mol. The van der Waals surface area contributed by atoms with Crippen LogP contribution >= 0.6 is 0 Å². The summed E-state index contributed by atoms with van der Waals surface area (Å²) < 4.78 is 0. The number of hydrogen-bond acceptors (Lipinski definition) is 2. The first kappa shape index (κ1) is 15.5. The summed E-state index contributed by atoms with van der Waals surface area (Å²) in [4.78, 5) is 2.40. The summed E-state index contributed by atoms with van der Waals surface area (Å²) in [6.45, 7) is 6.58. The van der Waals surface area contributed by atoms with E-state index < -0.39 is 6.10 Å². The summed E-state index contributed by atoms with van der Waals surface area (Å²) in [5.41, 5.74) is 2.27. The van der Waals surface area contributed by atoms with Crippen LogP contribution in [0.2, 0.25) is 0 Å². The predicted octanol–water partition coefficient (Wildman–Crippen LogP) is 3.93. The van der Waals surface area contributed by atoms with Crippen LogP contribution in [0.4, 0.5) is 0 Å². The number of aryl methyl sites for hydroxylation is 1. The van der Waals surface area contributed by atoms with E-state index in [-0.39, 0.29) is 6.04 Å². The van der Waals surface area contributed by atoms with Gasteiger partial charge in [-0.05, 0) is 45.2 Å². The molecule has 2 rings (SSSR count). The number of rotatable bonds is 4. The second-order valence-corrected chi connectivity index (χ2v) is 6.59. The van der Waals surface area contributed by atoms with Crippen LogP contribution in [0.5, 0.6) is 0 Å². The van der Waals surface area contributed by atoms with Gasteiger partial charge >= 0.3 is 0 Å². The molecule has 1 aromatic rings. The summed E-state index contributed by atoms with van der Waals surface area (Å²) in [7, 11) is 2.18. The van der Waals surface area contributed by atoms with Gasteiger partial charge in [0.05, 0.1) is 6.10 Å². The molecule has 0 radical (unpaired) electrons. The average molecular weight is 275 g/mol. The Bertz CT molecular complexity index is 414. The Kier molecular flexibility index (Phi) is 5.22. The van der Waals surface area contributed by atoms with Crippen molar-refractivity contribution in [3.63, 3.8) is 0 Å². The van der Waals surface area contributed by atoms with Crippen LogP contribution in [0.25, 0.3) is 0 Å². The van der Waals surface area contributed by atoms with Crippen molar-refractivity contribution in [2.24, 2.45) is 5.92 Å². The van der Waals surface area contributed by atoms with E-state index in [0.29, 0.717) is 6.04 Å². The van der Waals surface area contributed by atoms with Crippen LogP contribution in [0.3, 0.4) is 0 Å². The van der Waals surface area contributed by atoms with Crippen molar-refractivity contribution in [2.75, 3.05) is 7.05 Å². The number of likely N-dealkylation sites (N-methyl/N-ethyl adjacent to an activating group) is 1. The molecule has 0 aromatic heterocycles. The lowest BCUT2D eigenvalue weighted by molar-refractivity contribution is 0.0225. The quantitative estimate of drug-likeness (QED) is 0.900. The van der Waals surface area contributed by atoms with Gasteiger partial charge in [0.25, 0.3) is 0 Å². The molecule has 0 aliphatic heterocycles. The zero-order chi connectivity index (χ0) is 14.7. The topological polar surface area (TPSA) is 23.5 Å². The Hall–Kier alpha value is -0.860. The van der Waals surface area contributed by atoms with E-state index in [1.54, 1.807) is 0 Å². The fourth-order valence-electron chi connectivity index (χ4n) is 3.47. The van der Waals surface area contributed by atoms with Crippen molar-refractivity contribution >= 4 is 0 Å². The van der Waals surface area contributed by atoms with Crippen molar-refractivity contribution in [3.05, 3.63) is 35.4 Å². The van der Waals surface area contributed by atoms with Crippen molar-refractivity contribution in [3.8, 4) is 0 Å². The van der Waals surface area contributed by atoms with Crippen molar-refractivity contribution < 1.29 is 5.11 Å². The van der Waals surface area contributed by atoms with E-state index in [9.17, 15) is 5.11 Å². The fourth-order valence-corrected chi connectivity index (χ4v) is 3.47. The van der Waals surface area contributed by atoms with E-state index in [1.807, 2.05) is 0 Å². The number of nitrogens with zero attached hydrogens (tertiary/aromatic N) is 1. The normalized spacial score (nSPS) is 26.5. The van der Waals surface area contributed by atoms with Gasteiger partial charge in [0.15, 0.2) is 0 Å². The molecule has 0 spiro atoms. The number of aliphatic hydroxyl groups excluding tert-OH is 1. The molecule has 0 heterocycles. The van der Waals surface area contributed by atoms with Gasteiger partial charge in [0, 0.05) is 12.1 Å². The smallest absolute Gasteiger partial charge is 0.0942 e. The molecule has 1 N–H and O–H groups in total. The molecule has 0 bridgehead atoms. The minimum atomic E-state index is -0.408. The molecule has 1 fully saturated rings. The second-order valence-electron chi connectivity index (χ2n) is 6.59. The molecule has 2 nitrogen and oxygen atoms in total. The van der Waals surface area contributed by atoms with Gasteiger partial charge in [0.2, 0.25) is 0 Å². The van der Waals surface area contributed by atoms with Gasteiger partial charge in [-0.3, -0.25) is 4.90 Å². The van der Waals surface area contributed by atoms with Crippen LogP contribution in [-0.2, 0) is 0 Å². The minimum Gasteiger partial charge on any atom is -0.387 e. The van der Waals surface area contributed by atoms with Crippen molar-refractivity contribution in [1.82, 2.24) is 4.90 Å². The largest absolute Gasteiger partial charge is 0.387 e. The van der Waals surface area contributed by atoms with Crippen LogP contribution in [0.15, 0.2) is 24.3 Å². The highest BCUT2D eigenvalue weighted by Crippen LogP contribution is 2.31. The molecule has 112 valence electrons. The molecular weight excluding hydrogens is 246 g/mol. The molecule has 2 heteroatoms. The first-order chi connectivity index (χ1) is 9.50. The Morgan fingerprint density at radius 3 is 2.35 bits per heavy atom. The molecule has 4 atom stereocenters. The summed E-state index contributed by atoms with van der Waals surface area (Å²) in [6.07, 6.45) is 4.87. The maximum atomic E-state index is 10.6. The van der Waals surface area contributed by atoms with Crippen molar-refractivity contribution in [2.45, 2.75) is 64.6 Å². The fraction of sp³-hybridized carbons (Fsp3) is 0.667. The SMILES string of the molecule is Cc1ccc(C(O)C(C)N(C)C2CCCCC2C)cc1. The third kappa shape index (κ3) is 3.42. The highest BCUT2D eigenvalue weighted by Gasteiger charge is 2.30. The molecule has 1 aliphatic carbocycles. The summed E-state index contributed by atoms with van der Waals surface area (Å²) in [5, 5.41) is 10.6. The van der Waals surface area contributed by atoms with Crippen LogP contribution in [0.1, 0.15) is 56.8 Å². The lowest BCUT2D eigenvalue weighted by Gasteiger charge is -2.41. The zero-order valence-corrected chi connectivity index (χ0v) is 13.3. The minimum absolute atomic E-state index is 0.156. The average Bonchev–Trinajstić information content (AvgIpc) is 2.46. The summed E-state index contributed by atoms with van der Waals surface area (Å²) in [6, 6.07) is 9.02. The Balaban J connectivity index is 2.05. The molecule has 0 amide bonds. The maximum absolute atomic E-state index is 10.6. The highest BCUT2D eigenvalue weighted by molar-refractivity contribution is 5.24. The van der Waals surface area contributed by atoms with Crippen LogP contribution in [-0.4, -0.2) is 29.1 Å². The van der Waals surface area contributed by atoms with E-state index in [2.05, 4.69) is 57.0 Å². The molecular formula is C18H29NO. The molecule has 0 saturated heterocycles. The molecule has 1 saturated carbocycles. The van der Waals surface area contributed by atoms with Crippen LogP contribution in [0, 0.1) is 12.8 Å². The molecule has 4 unspecified atom stereocenters. The van der Waals surface area contributed by atoms with Gasteiger partial charge in [-0.25, -0.2) is 0 Å². The first-order valence-electron chi connectivity index (χ1n) is 7.97. The molecule has 1 aliphatic rings. The Morgan fingerprint density at radius 1 is 1.15 bits per heavy atom. The van der Waals surface area contributed by atoms with E-state index >= 15 is 0 Å². The van der Waals surface area contributed by atoms with Crippen molar-refractivity contribution in [1.29, 1.82) is 0 Å². The second kappa shape index (κ2) is 6.73. The van der Waals surface area contributed by atoms with Gasteiger partial charge in [-0.2, -0.15) is 0 Å². The van der Waals surface area contributed by atoms with Gasteiger partial charge in [0.1, 0.15) is 0 Å². The maximum Gasteiger partial charge on any atom is 0.0942 e. The summed E-state index contributed by atoms with van der Waals surface area (Å²) >= 11 is 0. The third-order valence-corrected chi connectivity index (χ3v) is 5.11. The third-order valence-electron chi connectivity index (χ3n) is 5.11. The highest BCUT2D eigenvalue weighted by atomic mass is 16.3. The number of hydrogen-bond donors (Lipinski definition) is 1.